The third-order valence-electron chi connectivity index (χ3n) is 7.41. The van der Waals surface area contributed by atoms with Crippen molar-refractivity contribution in [2.24, 2.45) is 17.8 Å². The third-order valence-corrected chi connectivity index (χ3v) is 7.41. The van der Waals surface area contributed by atoms with Crippen LogP contribution in [0, 0.1) is 17.8 Å². The minimum Gasteiger partial charge on any atom is -0.390 e. The van der Waals surface area contributed by atoms with Gasteiger partial charge in [0.25, 0.3) is 5.91 Å². The number of carbonyl (C=O) groups excluding carboxylic acids is 1. The minimum absolute atomic E-state index is 0.0751. The van der Waals surface area contributed by atoms with Gasteiger partial charge >= 0.3 is 0 Å². The SMILES string of the molecule is CC(C)c1nc(N[C@H]2CCOC2)ncc1C(=O)NC1C2CC3CC1CC(O)(C3)C2. The van der Waals surface area contributed by atoms with Gasteiger partial charge in [-0.2, -0.15) is 0 Å². The molecule has 4 aliphatic carbocycles. The van der Waals surface area contributed by atoms with Crippen molar-refractivity contribution in [3.05, 3.63) is 17.5 Å². The van der Waals surface area contributed by atoms with Crippen molar-refractivity contribution in [2.45, 2.75) is 76.0 Å². The van der Waals surface area contributed by atoms with E-state index in [4.69, 9.17) is 4.74 Å². The van der Waals surface area contributed by atoms with Gasteiger partial charge < -0.3 is 20.5 Å². The second-order valence-corrected chi connectivity index (χ2v) is 10.0. The minimum atomic E-state index is -0.485. The van der Waals surface area contributed by atoms with E-state index in [2.05, 4.69) is 34.4 Å². The van der Waals surface area contributed by atoms with Crippen molar-refractivity contribution in [3.63, 3.8) is 0 Å². The van der Waals surface area contributed by atoms with Gasteiger partial charge in [-0.3, -0.25) is 4.79 Å². The topological polar surface area (TPSA) is 96.4 Å². The van der Waals surface area contributed by atoms with E-state index >= 15 is 0 Å². The summed E-state index contributed by atoms with van der Waals surface area (Å²) in [7, 11) is 0. The van der Waals surface area contributed by atoms with Crippen LogP contribution < -0.4 is 10.6 Å². The fraction of sp³-hybridized carbons (Fsp3) is 0.773. The van der Waals surface area contributed by atoms with Gasteiger partial charge in [0.1, 0.15) is 0 Å². The Labute approximate surface area is 172 Å². The van der Waals surface area contributed by atoms with Crippen molar-refractivity contribution in [1.82, 2.24) is 15.3 Å². The molecule has 4 bridgehead atoms. The van der Waals surface area contributed by atoms with Crippen LogP contribution in [0.2, 0.25) is 0 Å². The Morgan fingerprint density at radius 2 is 2.03 bits per heavy atom. The van der Waals surface area contributed by atoms with Crippen molar-refractivity contribution in [3.8, 4) is 0 Å². The highest BCUT2D eigenvalue weighted by atomic mass is 16.5. The maximum atomic E-state index is 13.2. The predicted molar refractivity (Wildman–Crippen MR) is 109 cm³/mol. The predicted octanol–water partition coefficient (Wildman–Crippen LogP) is 2.47. The summed E-state index contributed by atoms with van der Waals surface area (Å²) in [5, 5.41) is 17.4. The number of anilines is 1. The highest BCUT2D eigenvalue weighted by molar-refractivity contribution is 5.95. The Morgan fingerprint density at radius 3 is 2.66 bits per heavy atom. The Hall–Kier alpha value is -1.73. The number of hydrogen-bond donors (Lipinski definition) is 3. The van der Waals surface area contributed by atoms with Crippen molar-refractivity contribution >= 4 is 11.9 Å². The summed E-state index contributed by atoms with van der Waals surface area (Å²) < 4.78 is 5.41. The van der Waals surface area contributed by atoms with Crippen LogP contribution in [0.4, 0.5) is 5.95 Å². The van der Waals surface area contributed by atoms with E-state index < -0.39 is 5.60 Å². The van der Waals surface area contributed by atoms with Gasteiger partial charge in [-0.05, 0) is 62.2 Å². The monoisotopic (exact) mass is 400 g/mol. The maximum absolute atomic E-state index is 13.2. The molecule has 1 aliphatic heterocycles. The Balaban J connectivity index is 1.33. The molecule has 0 aromatic carbocycles. The zero-order valence-corrected chi connectivity index (χ0v) is 17.4. The number of aromatic nitrogens is 2. The number of rotatable bonds is 5. The zero-order valence-electron chi connectivity index (χ0n) is 17.4. The van der Waals surface area contributed by atoms with Crippen molar-refractivity contribution in [1.29, 1.82) is 0 Å². The van der Waals surface area contributed by atoms with Gasteiger partial charge in [0.05, 0.1) is 29.5 Å². The first kappa shape index (κ1) is 19.2. The van der Waals surface area contributed by atoms with Gasteiger partial charge in [0, 0.05) is 18.8 Å². The Morgan fingerprint density at radius 1 is 1.28 bits per heavy atom. The van der Waals surface area contributed by atoms with E-state index in [0.717, 1.165) is 50.8 Å². The maximum Gasteiger partial charge on any atom is 0.254 e. The van der Waals surface area contributed by atoms with Crippen molar-refractivity contribution < 1.29 is 14.6 Å². The number of aliphatic hydroxyl groups is 1. The van der Waals surface area contributed by atoms with Crippen LogP contribution in [0.25, 0.3) is 0 Å². The molecule has 1 aromatic rings. The van der Waals surface area contributed by atoms with Gasteiger partial charge in [0.15, 0.2) is 0 Å². The zero-order chi connectivity index (χ0) is 20.2. The van der Waals surface area contributed by atoms with Crippen LogP contribution in [0.15, 0.2) is 6.20 Å². The number of nitrogens with zero attached hydrogens (tertiary/aromatic N) is 2. The van der Waals surface area contributed by atoms with E-state index in [1.165, 1.54) is 0 Å². The number of amides is 1. The standard InChI is InChI=1S/C22H32N4O3/c1-12(2)18-17(10-23-21(26-18)24-16-3-4-29-11-16)20(27)25-19-14-5-13-6-15(19)9-22(28,7-13)8-14/h10,12-16,19,28H,3-9,11H2,1-2H3,(H,25,27)(H,23,24,26)/t13?,14?,15?,16-,19?,22?/m0/s1. The molecule has 1 aromatic heterocycles. The van der Waals surface area contributed by atoms with Crippen LogP contribution in [0.1, 0.15) is 74.3 Å². The van der Waals surface area contributed by atoms with Crippen molar-refractivity contribution in [2.75, 3.05) is 18.5 Å². The molecule has 158 valence electrons. The van der Waals surface area contributed by atoms with E-state index in [0.29, 0.717) is 35.9 Å². The van der Waals surface area contributed by atoms with E-state index in [1.54, 1.807) is 6.20 Å². The summed E-state index contributed by atoms with van der Waals surface area (Å²) in [6.45, 7) is 5.54. The number of carbonyl (C=O) groups is 1. The first-order valence-corrected chi connectivity index (χ1v) is 11.1. The molecule has 0 radical (unpaired) electrons. The van der Waals surface area contributed by atoms with Crippen LogP contribution in [-0.4, -0.2) is 51.9 Å². The lowest BCUT2D eigenvalue weighted by Gasteiger charge is -2.58. The second kappa shape index (κ2) is 7.20. The van der Waals surface area contributed by atoms with Gasteiger partial charge in [-0.1, -0.05) is 13.8 Å². The summed E-state index contributed by atoms with van der Waals surface area (Å²) in [5.41, 5.74) is 0.864. The molecule has 7 heteroatoms. The Kier molecular flexibility index (Phi) is 4.78. The molecule has 0 spiro atoms. The first-order valence-electron chi connectivity index (χ1n) is 11.1. The lowest BCUT2D eigenvalue weighted by atomic mass is 9.52. The number of ether oxygens (including phenoxy) is 1. The van der Waals surface area contributed by atoms with E-state index in [-0.39, 0.29) is 23.9 Å². The molecule has 29 heavy (non-hydrogen) atoms. The summed E-state index contributed by atoms with van der Waals surface area (Å²) in [6.07, 6.45) is 7.47. The fourth-order valence-electron chi connectivity index (χ4n) is 6.36. The molecule has 3 N–H and O–H groups in total. The summed E-state index contributed by atoms with van der Waals surface area (Å²) >= 11 is 0. The van der Waals surface area contributed by atoms with Crippen LogP contribution in [0.3, 0.4) is 0 Å². The summed E-state index contributed by atoms with van der Waals surface area (Å²) in [5.74, 6) is 2.03. The number of hydrogen-bond acceptors (Lipinski definition) is 6. The highest BCUT2D eigenvalue weighted by Crippen LogP contribution is 2.55. The average molecular weight is 401 g/mol. The molecule has 6 rings (SSSR count). The summed E-state index contributed by atoms with van der Waals surface area (Å²) in [4.78, 5) is 22.3. The van der Waals surface area contributed by atoms with Gasteiger partial charge in [-0.25, -0.2) is 9.97 Å². The lowest BCUT2D eigenvalue weighted by molar-refractivity contribution is -0.136. The van der Waals surface area contributed by atoms with Crippen LogP contribution in [-0.2, 0) is 4.74 Å². The molecular formula is C22H32N4O3. The smallest absolute Gasteiger partial charge is 0.254 e. The lowest BCUT2D eigenvalue weighted by Crippen LogP contribution is -2.61. The molecule has 1 amide bonds. The van der Waals surface area contributed by atoms with Gasteiger partial charge in [-0.15, -0.1) is 0 Å². The van der Waals surface area contributed by atoms with E-state index in [9.17, 15) is 9.90 Å². The highest BCUT2D eigenvalue weighted by Gasteiger charge is 2.55. The average Bonchev–Trinajstić information content (AvgIpc) is 3.16. The fourth-order valence-corrected chi connectivity index (χ4v) is 6.36. The first-order chi connectivity index (χ1) is 13.9. The normalized spacial score (nSPS) is 37.9. The largest absolute Gasteiger partial charge is 0.390 e. The quantitative estimate of drug-likeness (QED) is 0.703. The molecule has 2 heterocycles. The molecular weight excluding hydrogens is 368 g/mol. The second-order valence-electron chi connectivity index (χ2n) is 10.0. The molecule has 4 saturated carbocycles. The van der Waals surface area contributed by atoms with Crippen LogP contribution >= 0.6 is 0 Å². The Bertz CT molecular complexity index is 776. The third kappa shape index (κ3) is 3.63. The molecule has 3 atom stereocenters. The van der Waals surface area contributed by atoms with E-state index in [1.807, 2.05) is 0 Å². The number of nitrogens with one attached hydrogen (secondary N) is 2. The molecule has 5 aliphatic rings. The van der Waals surface area contributed by atoms with Gasteiger partial charge in [0.2, 0.25) is 5.95 Å². The molecule has 2 unspecified atom stereocenters. The molecule has 7 nitrogen and oxygen atoms in total. The van der Waals surface area contributed by atoms with Crippen LogP contribution in [0.5, 0.6) is 0 Å². The summed E-state index contributed by atoms with van der Waals surface area (Å²) in [6, 6.07) is 0.390. The molecule has 5 fully saturated rings. The molecule has 1 saturated heterocycles.